The smallest absolute Gasteiger partial charge is 0.418 e. The molecule has 0 amide bonds. The molecule has 15 heteroatoms. The van der Waals surface area contributed by atoms with E-state index in [0.29, 0.717) is 45.2 Å². The molecular weight excluding hydrogens is 657 g/mol. The lowest BCUT2D eigenvalue weighted by Crippen LogP contribution is -2.45. The minimum absolute atomic E-state index is 0.0284. The van der Waals surface area contributed by atoms with Crippen molar-refractivity contribution in [2.45, 2.75) is 19.6 Å². The summed E-state index contributed by atoms with van der Waals surface area (Å²) < 4.78 is 51.0. The lowest BCUT2D eigenvalue weighted by atomic mass is 10.00. The largest absolute Gasteiger partial charge is 0.491 e. The molecule has 1 fully saturated rings. The van der Waals surface area contributed by atoms with Crippen LogP contribution in [-0.4, -0.2) is 70.3 Å². The van der Waals surface area contributed by atoms with Gasteiger partial charge in [-0.3, -0.25) is 14.3 Å². The quantitative estimate of drug-likeness (QED) is 0.218. The maximum Gasteiger partial charge on any atom is 0.418 e. The summed E-state index contributed by atoms with van der Waals surface area (Å²) in [5.41, 5.74) is -0.883. The monoisotopic (exact) mass is 682 g/mol. The highest BCUT2D eigenvalue weighted by Gasteiger charge is 2.39. The number of aromatic nitrogens is 3. The molecule has 0 spiro atoms. The molecule has 1 aliphatic rings. The molecule has 6 rings (SSSR count). The Morgan fingerprint density at radius 1 is 1.17 bits per heavy atom. The number of rotatable bonds is 7. The van der Waals surface area contributed by atoms with E-state index < -0.39 is 23.3 Å². The van der Waals surface area contributed by atoms with Gasteiger partial charge in [0.1, 0.15) is 24.3 Å². The second-order valence-corrected chi connectivity index (χ2v) is 12.4. The van der Waals surface area contributed by atoms with Gasteiger partial charge in [-0.2, -0.15) is 18.4 Å². The number of alkyl halides is 3. The molecule has 1 saturated heterocycles. The fraction of sp³-hybridized carbons (Fsp3) is 0.281. The average molecular weight is 683 g/mol. The van der Waals surface area contributed by atoms with E-state index in [4.69, 9.17) is 16.3 Å². The lowest BCUT2D eigenvalue weighted by Gasteiger charge is -2.36. The second-order valence-electron chi connectivity index (χ2n) is 11.0. The first-order valence-electron chi connectivity index (χ1n) is 14.4. The Kier molecular flexibility index (Phi) is 8.56. The molecule has 47 heavy (non-hydrogen) atoms. The van der Waals surface area contributed by atoms with Gasteiger partial charge < -0.3 is 19.6 Å². The van der Waals surface area contributed by atoms with Crippen LogP contribution < -0.4 is 15.2 Å². The van der Waals surface area contributed by atoms with Gasteiger partial charge in [0.05, 0.1) is 50.0 Å². The summed E-state index contributed by atoms with van der Waals surface area (Å²) in [6.45, 7) is 2.95. The highest BCUT2D eigenvalue weighted by Crippen LogP contribution is 2.42. The van der Waals surface area contributed by atoms with Crippen LogP contribution in [0, 0.1) is 18.3 Å². The van der Waals surface area contributed by atoms with Crippen LogP contribution in [0.4, 0.5) is 18.9 Å². The molecule has 0 bridgehead atoms. The molecule has 0 atom stereocenters. The van der Waals surface area contributed by atoms with Crippen molar-refractivity contribution in [2.24, 2.45) is 0 Å². The van der Waals surface area contributed by atoms with Gasteiger partial charge in [0.2, 0.25) is 0 Å². The normalized spacial score (nSPS) is 14.1. The van der Waals surface area contributed by atoms with Gasteiger partial charge in [-0.15, -0.1) is 11.3 Å². The first kappa shape index (κ1) is 32.2. The first-order valence-corrected chi connectivity index (χ1v) is 15.7. The van der Waals surface area contributed by atoms with E-state index in [-0.39, 0.29) is 59.8 Å². The van der Waals surface area contributed by atoms with Crippen molar-refractivity contribution in [2.75, 3.05) is 44.7 Å². The van der Waals surface area contributed by atoms with Gasteiger partial charge in [0.15, 0.2) is 0 Å². The van der Waals surface area contributed by atoms with E-state index in [9.17, 15) is 33.1 Å². The topological polar surface area (TPSA) is 125 Å². The summed E-state index contributed by atoms with van der Waals surface area (Å²) in [7, 11) is 1.86. The van der Waals surface area contributed by atoms with E-state index in [0.717, 1.165) is 6.07 Å². The molecule has 5 aromatic rings. The molecule has 0 saturated carbocycles. The number of halogens is 4. The third-order valence-corrected chi connectivity index (χ3v) is 9.37. The maximum absolute atomic E-state index is 14.3. The lowest BCUT2D eigenvalue weighted by molar-refractivity contribution is -0.137. The molecule has 4 heterocycles. The van der Waals surface area contributed by atoms with Crippen LogP contribution in [0.3, 0.4) is 0 Å². The third-order valence-electron chi connectivity index (χ3n) is 8.14. The molecule has 3 aromatic heterocycles. The number of carboxylic acid groups (broad SMARTS) is 1. The molecule has 0 unspecified atom stereocenters. The standard InChI is InChI=1S/C32H26ClF3N6O4S/c1-17-39-24-14-23(32(34,35)36)28(41-9-7-40(2)8-10-41)21(15-37)26(24)30(43)42(17)11-12-46-25-4-3-18(33)13-20(25)19-5-6-38-27-22(31(44)45)16-47-29(19)27/h3-6,13-14,16H,7-12H2,1-2H3,(H,44,45). The highest BCUT2D eigenvalue weighted by atomic mass is 35.5. The third kappa shape index (κ3) is 5.97. The van der Waals surface area contributed by atoms with Crippen molar-refractivity contribution in [3.63, 3.8) is 0 Å². The first-order chi connectivity index (χ1) is 22.4. The van der Waals surface area contributed by atoms with Gasteiger partial charge in [0.25, 0.3) is 5.56 Å². The Morgan fingerprint density at radius 3 is 2.60 bits per heavy atom. The minimum atomic E-state index is -4.77. The van der Waals surface area contributed by atoms with Crippen LogP contribution in [0.5, 0.6) is 5.75 Å². The van der Waals surface area contributed by atoms with Crippen molar-refractivity contribution >= 4 is 55.7 Å². The van der Waals surface area contributed by atoms with Gasteiger partial charge in [-0.05, 0) is 44.3 Å². The zero-order valence-corrected chi connectivity index (χ0v) is 26.6. The molecule has 242 valence electrons. The number of hydrogen-bond acceptors (Lipinski definition) is 9. The van der Waals surface area contributed by atoms with E-state index >= 15 is 0 Å². The summed E-state index contributed by atoms with van der Waals surface area (Å²) in [6, 6.07) is 9.43. The van der Waals surface area contributed by atoms with Crippen molar-refractivity contribution in [1.82, 2.24) is 19.4 Å². The summed E-state index contributed by atoms with van der Waals surface area (Å²) in [5, 5.41) is 21.5. The number of fused-ring (bicyclic) bond motifs is 2. The zero-order valence-electron chi connectivity index (χ0n) is 25.1. The molecule has 1 aliphatic heterocycles. The number of carboxylic acids is 1. The molecular formula is C32H26ClF3N6O4S. The number of aryl methyl sites for hydroxylation is 1. The summed E-state index contributed by atoms with van der Waals surface area (Å²) >= 11 is 7.55. The van der Waals surface area contributed by atoms with Crippen LogP contribution in [0.2, 0.25) is 5.02 Å². The van der Waals surface area contributed by atoms with Crippen LogP contribution in [-0.2, 0) is 12.7 Å². The van der Waals surface area contributed by atoms with Crippen molar-refractivity contribution < 1.29 is 27.8 Å². The number of aromatic carboxylic acids is 1. The number of likely N-dealkylation sites (N-methyl/N-ethyl adjacent to an activating group) is 1. The summed E-state index contributed by atoms with van der Waals surface area (Å²) in [4.78, 5) is 37.6. The number of ether oxygens (including phenoxy) is 1. The summed E-state index contributed by atoms with van der Waals surface area (Å²) in [5.74, 6) is -0.544. The van der Waals surface area contributed by atoms with E-state index in [1.807, 2.05) is 18.0 Å². The summed E-state index contributed by atoms with van der Waals surface area (Å²) in [6.07, 6.45) is -3.27. The van der Waals surface area contributed by atoms with Gasteiger partial charge in [0, 0.05) is 53.9 Å². The molecule has 10 nitrogen and oxygen atoms in total. The Balaban J connectivity index is 1.37. The average Bonchev–Trinajstić information content (AvgIpc) is 3.47. The van der Waals surface area contributed by atoms with Gasteiger partial charge in [-0.25, -0.2) is 9.78 Å². The fourth-order valence-electron chi connectivity index (χ4n) is 5.81. The molecule has 1 N–H and O–H groups in total. The van der Waals surface area contributed by atoms with Crippen LogP contribution in [0.15, 0.2) is 46.7 Å². The van der Waals surface area contributed by atoms with Crippen LogP contribution in [0.1, 0.15) is 27.3 Å². The van der Waals surface area contributed by atoms with Gasteiger partial charge in [-0.1, -0.05) is 11.6 Å². The number of nitriles is 1. The number of pyridine rings is 1. The zero-order chi connectivity index (χ0) is 33.6. The SMILES string of the molecule is Cc1nc2cc(C(F)(F)F)c(N3CCN(C)CC3)c(C#N)c2c(=O)n1CCOc1ccc(Cl)cc1-c1ccnc2c(C(=O)O)csc12. The highest BCUT2D eigenvalue weighted by molar-refractivity contribution is 7.18. The second kappa shape index (κ2) is 12.5. The van der Waals surface area contributed by atoms with Crippen LogP contribution >= 0.6 is 22.9 Å². The molecule has 0 aliphatic carbocycles. The minimum Gasteiger partial charge on any atom is -0.491 e. The maximum atomic E-state index is 14.3. The Hall–Kier alpha value is -4.71. The van der Waals surface area contributed by atoms with E-state index in [1.54, 1.807) is 24.3 Å². The van der Waals surface area contributed by atoms with Crippen LogP contribution in [0.25, 0.3) is 32.2 Å². The number of thiophene rings is 1. The Morgan fingerprint density at radius 2 is 1.91 bits per heavy atom. The van der Waals surface area contributed by atoms with Crippen molar-refractivity contribution in [3.8, 4) is 22.9 Å². The molecule has 2 aromatic carbocycles. The van der Waals surface area contributed by atoms with E-state index in [2.05, 4.69) is 9.97 Å². The van der Waals surface area contributed by atoms with Gasteiger partial charge >= 0.3 is 12.1 Å². The fourth-order valence-corrected chi connectivity index (χ4v) is 7.01. The number of benzene rings is 2. The Labute approximate surface area is 274 Å². The Bertz CT molecular complexity index is 2150. The number of piperazine rings is 1. The van der Waals surface area contributed by atoms with Crippen molar-refractivity contribution in [1.29, 1.82) is 5.26 Å². The number of nitrogens with zero attached hydrogens (tertiary/aromatic N) is 6. The number of hydrogen-bond donors (Lipinski definition) is 1. The predicted octanol–water partition coefficient (Wildman–Crippen LogP) is 6.05. The van der Waals surface area contributed by atoms with Crippen molar-refractivity contribution in [3.05, 3.63) is 79.8 Å². The molecule has 0 radical (unpaired) electrons. The number of carbonyl (C=O) groups is 1. The van der Waals surface area contributed by atoms with E-state index in [1.165, 1.54) is 39.3 Å². The number of anilines is 1. The predicted molar refractivity (Wildman–Crippen MR) is 173 cm³/mol.